The van der Waals surface area contributed by atoms with Gasteiger partial charge < -0.3 is 5.11 Å². The summed E-state index contributed by atoms with van der Waals surface area (Å²) in [6.45, 7) is 1.85. The zero-order valence-corrected chi connectivity index (χ0v) is 14.4. The van der Waals surface area contributed by atoms with Crippen molar-refractivity contribution in [2.24, 2.45) is 0 Å². The summed E-state index contributed by atoms with van der Waals surface area (Å²) in [4.78, 5) is 18.3. The average Bonchev–Trinajstić information content (AvgIpc) is 3.26. The van der Waals surface area contributed by atoms with Crippen molar-refractivity contribution in [1.29, 1.82) is 0 Å². The van der Waals surface area contributed by atoms with Crippen LogP contribution in [0.2, 0.25) is 0 Å². The molecule has 1 saturated heterocycles. The molecule has 4 atom stereocenters. The zero-order chi connectivity index (χ0) is 18.4. The second kappa shape index (κ2) is 6.55. The normalized spacial score (nSPS) is 27.0. The molecule has 0 aromatic carbocycles. The van der Waals surface area contributed by atoms with Crippen molar-refractivity contribution in [3.8, 4) is 0 Å². The van der Waals surface area contributed by atoms with Gasteiger partial charge in [0.2, 0.25) is 0 Å². The number of hydrogen-bond acceptors (Lipinski definition) is 5. The summed E-state index contributed by atoms with van der Waals surface area (Å²) in [5.41, 5.74) is 1.42. The fourth-order valence-electron chi connectivity index (χ4n) is 3.74. The molecule has 2 aliphatic rings. The maximum atomic E-state index is 13.4. The molecule has 2 unspecified atom stereocenters. The molecule has 2 aromatic rings. The summed E-state index contributed by atoms with van der Waals surface area (Å²) in [5, 5.41) is 14.9. The highest BCUT2D eigenvalue weighted by Gasteiger charge is 2.41. The van der Waals surface area contributed by atoms with Gasteiger partial charge in [0, 0.05) is 31.4 Å². The summed E-state index contributed by atoms with van der Waals surface area (Å²) in [6, 6.07) is 3.21. The largest absolute Gasteiger partial charge is 0.376 e. The van der Waals surface area contributed by atoms with E-state index in [1.165, 1.54) is 14.1 Å². The molecular formula is C17H21F2N5O2. The van der Waals surface area contributed by atoms with Crippen LogP contribution in [0.4, 0.5) is 8.78 Å². The number of aliphatic hydroxyl groups is 1. The van der Waals surface area contributed by atoms with Gasteiger partial charge in [-0.05, 0) is 25.0 Å². The van der Waals surface area contributed by atoms with Gasteiger partial charge >= 0.3 is 5.69 Å². The third-order valence-electron chi connectivity index (χ3n) is 5.17. The van der Waals surface area contributed by atoms with E-state index in [-0.39, 0.29) is 25.3 Å². The van der Waals surface area contributed by atoms with Crippen molar-refractivity contribution >= 4 is 0 Å². The van der Waals surface area contributed by atoms with E-state index in [0.717, 1.165) is 11.3 Å². The van der Waals surface area contributed by atoms with Crippen LogP contribution in [0.15, 0.2) is 23.1 Å². The second-order valence-electron chi connectivity index (χ2n) is 7.04. The topological polar surface area (TPSA) is 76.2 Å². The molecule has 7 nitrogen and oxygen atoms in total. The number of aryl methyl sites for hydroxylation is 2. The van der Waals surface area contributed by atoms with Gasteiger partial charge in [-0.25, -0.2) is 18.3 Å². The molecule has 4 heterocycles. The zero-order valence-electron chi connectivity index (χ0n) is 14.4. The lowest BCUT2D eigenvalue weighted by Crippen LogP contribution is -2.42. The molecule has 0 amide bonds. The quantitative estimate of drug-likeness (QED) is 0.859. The molecule has 0 spiro atoms. The van der Waals surface area contributed by atoms with Crippen molar-refractivity contribution in [3.63, 3.8) is 0 Å². The molecule has 0 saturated carbocycles. The number of rotatable bonds is 4. The van der Waals surface area contributed by atoms with Gasteiger partial charge in [0.25, 0.3) is 0 Å². The number of fused-ring (bicyclic) bond motifs is 1. The van der Waals surface area contributed by atoms with Crippen LogP contribution in [-0.4, -0.2) is 61.0 Å². The lowest BCUT2D eigenvalue weighted by Gasteiger charge is -2.27. The maximum Gasteiger partial charge on any atom is 0.346 e. The van der Waals surface area contributed by atoms with E-state index in [2.05, 4.69) is 10.1 Å². The van der Waals surface area contributed by atoms with Gasteiger partial charge in [-0.2, -0.15) is 5.10 Å². The summed E-state index contributed by atoms with van der Waals surface area (Å²) < 4.78 is 29.7. The predicted octanol–water partition coefficient (Wildman–Crippen LogP) is 0.594. The number of nitrogens with zero attached hydrogens (tertiary/aromatic N) is 5. The van der Waals surface area contributed by atoms with Gasteiger partial charge in [-0.3, -0.25) is 14.5 Å². The number of likely N-dealkylation sites (tertiary alicyclic amines) is 1. The third kappa shape index (κ3) is 2.95. The Hall–Kier alpha value is -2.13. The smallest absolute Gasteiger partial charge is 0.346 e. The Morgan fingerprint density at radius 1 is 1.31 bits per heavy atom. The third-order valence-corrected chi connectivity index (χ3v) is 5.17. The number of hydrogen-bond donors (Lipinski definition) is 1. The standard InChI is InChI=1S/C17H21F2N5O2/c1-10-2-3-11(6-20-10)7-23-17(26)24-14(4-5-15(24)21-23)16(25)22-8-12(18)13(19)9-22/h2-3,6,12-14,16,25H,4-5,7-9H2,1H3/t12-,13+,14?,16?. The van der Waals surface area contributed by atoms with Crippen LogP contribution in [-0.2, 0) is 13.0 Å². The Bertz CT molecular complexity index is 840. The number of alkyl halides is 2. The fraction of sp³-hybridized carbons (Fsp3) is 0.588. The molecule has 9 heteroatoms. The molecule has 1 N–H and O–H groups in total. The van der Waals surface area contributed by atoms with Crippen LogP contribution in [0.25, 0.3) is 0 Å². The van der Waals surface area contributed by atoms with E-state index in [1.807, 2.05) is 19.1 Å². The Morgan fingerprint density at radius 3 is 2.69 bits per heavy atom. The van der Waals surface area contributed by atoms with Gasteiger partial charge in [-0.1, -0.05) is 6.07 Å². The van der Waals surface area contributed by atoms with Crippen molar-refractivity contribution in [1.82, 2.24) is 24.2 Å². The SMILES string of the molecule is Cc1ccc(Cn2nc3n(c2=O)C(C(O)N2C[C@@H](F)[C@@H](F)C2)CC3)cn1. The molecular weight excluding hydrogens is 344 g/mol. The van der Waals surface area contributed by atoms with Crippen molar-refractivity contribution in [2.45, 2.75) is 50.9 Å². The maximum absolute atomic E-state index is 13.4. The van der Waals surface area contributed by atoms with E-state index in [1.54, 1.807) is 6.20 Å². The van der Waals surface area contributed by atoms with Crippen LogP contribution >= 0.6 is 0 Å². The number of aliphatic hydroxyl groups excluding tert-OH is 1. The van der Waals surface area contributed by atoms with Crippen LogP contribution < -0.4 is 5.69 Å². The molecule has 0 radical (unpaired) electrons. The number of halogens is 2. The molecule has 4 rings (SSSR count). The minimum Gasteiger partial charge on any atom is -0.376 e. The van der Waals surface area contributed by atoms with E-state index in [0.29, 0.717) is 18.7 Å². The Kier molecular flexibility index (Phi) is 4.36. The van der Waals surface area contributed by atoms with Crippen molar-refractivity contribution in [3.05, 3.63) is 45.9 Å². The van der Waals surface area contributed by atoms with Gasteiger partial charge in [0.05, 0.1) is 12.6 Å². The van der Waals surface area contributed by atoms with Crippen LogP contribution in [0.3, 0.4) is 0 Å². The van der Waals surface area contributed by atoms with Crippen molar-refractivity contribution < 1.29 is 13.9 Å². The lowest BCUT2D eigenvalue weighted by atomic mass is 10.2. The first-order chi connectivity index (χ1) is 12.4. The molecule has 2 aliphatic heterocycles. The molecule has 26 heavy (non-hydrogen) atoms. The van der Waals surface area contributed by atoms with Gasteiger partial charge in [0.1, 0.15) is 24.4 Å². The highest BCUT2D eigenvalue weighted by atomic mass is 19.2. The molecule has 1 fully saturated rings. The molecule has 2 aromatic heterocycles. The highest BCUT2D eigenvalue weighted by molar-refractivity contribution is 5.13. The minimum atomic E-state index is -1.60. The van der Waals surface area contributed by atoms with Crippen LogP contribution in [0, 0.1) is 6.92 Å². The van der Waals surface area contributed by atoms with Crippen molar-refractivity contribution in [2.75, 3.05) is 13.1 Å². The van der Waals surface area contributed by atoms with E-state index in [4.69, 9.17) is 0 Å². The Labute approximate surface area is 148 Å². The molecule has 0 aliphatic carbocycles. The minimum absolute atomic E-state index is 0.161. The van der Waals surface area contributed by atoms with E-state index >= 15 is 0 Å². The first-order valence-corrected chi connectivity index (χ1v) is 8.74. The van der Waals surface area contributed by atoms with Gasteiger partial charge in [-0.15, -0.1) is 0 Å². The van der Waals surface area contributed by atoms with Crippen LogP contribution in [0.1, 0.15) is 29.5 Å². The summed E-state index contributed by atoms with van der Waals surface area (Å²) in [5.74, 6) is 0.590. The first-order valence-electron chi connectivity index (χ1n) is 8.74. The van der Waals surface area contributed by atoms with Crippen LogP contribution in [0.5, 0.6) is 0 Å². The Morgan fingerprint density at radius 2 is 2.04 bits per heavy atom. The lowest BCUT2D eigenvalue weighted by molar-refractivity contribution is -0.0248. The average molecular weight is 365 g/mol. The molecule has 0 bridgehead atoms. The summed E-state index contributed by atoms with van der Waals surface area (Å²) in [7, 11) is 0. The highest BCUT2D eigenvalue weighted by Crippen LogP contribution is 2.30. The predicted molar refractivity (Wildman–Crippen MR) is 89.3 cm³/mol. The second-order valence-corrected chi connectivity index (χ2v) is 7.04. The Balaban J connectivity index is 1.56. The van der Waals surface area contributed by atoms with E-state index < -0.39 is 24.6 Å². The van der Waals surface area contributed by atoms with Gasteiger partial charge in [0.15, 0.2) is 0 Å². The number of pyridine rings is 1. The summed E-state index contributed by atoms with van der Waals surface area (Å²) >= 11 is 0. The van der Waals surface area contributed by atoms with E-state index in [9.17, 15) is 18.7 Å². The number of aromatic nitrogens is 4. The molecule has 140 valence electrons. The first kappa shape index (κ1) is 17.3. The fourth-order valence-corrected chi connectivity index (χ4v) is 3.74. The monoisotopic (exact) mass is 365 g/mol. The summed E-state index contributed by atoms with van der Waals surface area (Å²) in [6.07, 6.45) is -1.53.